The van der Waals surface area contributed by atoms with Crippen LogP contribution in [0.5, 0.6) is 0 Å². The lowest BCUT2D eigenvalue weighted by Gasteiger charge is -2.21. The number of rotatable bonds is 3. The Balaban J connectivity index is 1.49. The molecule has 7 heteroatoms. The summed E-state index contributed by atoms with van der Waals surface area (Å²) < 4.78 is 5.38. The van der Waals surface area contributed by atoms with E-state index in [1.54, 1.807) is 0 Å². The first kappa shape index (κ1) is 13.6. The van der Waals surface area contributed by atoms with Crippen molar-refractivity contribution in [2.45, 2.75) is 32.8 Å². The normalized spacial score (nSPS) is 28.4. The van der Waals surface area contributed by atoms with E-state index >= 15 is 0 Å². The lowest BCUT2D eigenvalue weighted by Crippen LogP contribution is -2.27. The van der Waals surface area contributed by atoms with Crippen molar-refractivity contribution < 1.29 is 9.53 Å². The molecule has 1 aromatic rings. The second-order valence-electron chi connectivity index (χ2n) is 6.61. The third-order valence-electron chi connectivity index (χ3n) is 3.89. The minimum atomic E-state index is -0.392. The van der Waals surface area contributed by atoms with Gasteiger partial charge in [0, 0.05) is 19.5 Å². The highest BCUT2D eigenvalue weighted by atomic mass is 32.1. The average Bonchev–Trinajstić information content (AvgIpc) is 2.72. The molecule has 2 aliphatic rings. The van der Waals surface area contributed by atoms with Gasteiger partial charge in [-0.2, -0.15) is 0 Å². The molecule has 0 radical (unpaired) electrons. The summed E-state index contributed by atoms with van der Waals surface area (Å²) in [6.07, 6.45) is 0.540. The fourth-order valence-electron chi connectivity index (χ4n) is 3.04. The number of nitrogen functional groups attached to an aromatic ring is 1. The molecule has 2 N–H and O–H groups in total. The molecule has 0 spiro atoms. The summed E-state index contributed by atoms with van der Waals surface area (Å²) in [7, 11) is 0. The van der Waals surface area contributed by atoms with Gasteiger partial charge in [0.15, 0.2) is 0 Å². The van der Waals surface area contributed by atoms with E-state index in [1.165, 1.54) is 11.3 Å². The van der Waals surface area contributed by atoms with Crippen LogP contribution in [-0.4, -0.2) is 34.9 Å². The summed E-state index contributed by atoms with van der Waals surface area (Å²) >= 11 is 1.42. The molecular formula is C13H20N4O2S. The third kappa shape index (κ3) is 2.72. The first-order valence-electron chi connectivity index (χ1n) is 6.89. The predicted molar refractivity (Wildman–Crippen MR) is 77.5 cm³/mol. The van der Waals surface area contributed by atoms with Gasteiger partial charge >= 0.3 is 5.97 Å². The molecule has 1 saturated heterocycles. The van der Waals surface area contributed by atoms with E-state index in [0.29, 0.717) is 29.3 Å². The number of anilines is 2. The molecule has 1 aliphatic carbocycles. The highest BCUT2D eigenvalue weighted by Gasteiger charge is 2.56. The Morgan fingerprint density at radius 3 is 2.55 bits per heavy atom. The van der Waals surface area contributed by atoms with Crippen LogP contribution in [0.1, 0.15) is 27.2 Å². The molecule has 0 bridgehead atoms. The molecule has 6 nitrogen and oxygen atoms in total. The third-order valence-corrected chi connectivity index (χ3v) is 4.71. The SMILES string of the molecule is CC(C)(C)OC(=O)CC1[C@H]2CN(c3nnc(N)s3)C[C@@H]12. The van der Waals surface area contributed by atoms with Gasteiger partial charge in [0.25, 0.3) is 0 Å². The number of nitrogens with two attached hydrogens (primary N) is 1. The summed E-state index contributed by atoms with van der Waals surface area (Å²) in [5.41, 5.74) is 5.21. The van der Waals surface area contributed by atoms with Crippen molar-refractivity contribution in [1.82, 2.24) is 10.2 Å². The maximum atomic E-state index is 11.8. The summed E-state index contributed by atoms with van der Waals surface area (Å²) in [6, 6.07) is 0. The number of hydrogen-bond acceptors (Lipinski definition) is 7. The van der Waals surface area contributed by atoms with Crippen molar-refractivity contribution in [3.05, 3.63) is 0 Å². The van der Waals surface area contributed by atoms with E-state index in [2.05, 4.69) is 15.1 Å². The molecular weight excluding hydrogens is 276 g/mol. The zero-order chi connectivity index (χ0) is 14.5. The number of fused-ring (bicyclic) bond motifs is 1. The number of ether oxygens (including phenoxy) is 1. The number of piperidine rings is 1. The van der Waals surface area contributed by atoms with Gasteiger partial charge in [-0.3, -0.25) is 4.79 Å². The Labute approximate surface area is 122 Å². The topological polar surface area (TPSA) is 81.3 Å². The van der Waals surface area contributed by atoms with E-state index in [0.717, 1.165) is 18.2 Å². The van der Waals surface area contributed by atoms with Crippen molar-refractivity contribution in [3.63, 3.8) is 0 Å². The van der Waals surface area contributed by atoms with Gasteiger partial charge in [0.05, 0.1) is 0 Å². The van der Waals surface area contributed by atoms with Crippen LogP contribution in [0.15, 0.2) is 0 Å². The lowest BCUT2D eigenvalue weighted by atomic mass is 10.1. The zero-order valence-electron chi connectivity index (χ0n) is 12.0. The van der Waals surface area contributed by atoms with Crippen LogP contribution in [0.25, 0.3) is 0 Å². The van der Waals surface area contributed by atoms with Gasteiger partial charge in [-0.25, -0.2) is 0 Å². The number of carbonyl (C=O) groups excluding carboxylic acids is 1. The van der Waals surface area contributed by atoms with Crippen molar-refractivity contribution in [2.24, 2.45) is 17.8 Å². The smallest absolute Gasteiger partial charge is 0.306 e. The van der Waals surface area contributed by atoms with E-state index in [4.69, 9.17) is 10.5 Å². The Hall–Kier alpha value is -1.37. The van der Waals surface area contributed by atoms with Crippen molar-refractivity contribution in [1.29, 1.82) is 0 Å². The van der Waals surface area contributed by atoms with E-state index < -0.39 is 5.60 Å². The molecule has 110 valence electrons. The molecule has 3 atom stereocenters. The molecule has 1 aromatic heterocycles. The van der Waals surface area contributed by atoms with Gasteiger partial charge in [-0.05, 0) is 38.5 Å². The highest BCUT2D eigenvalue weighted by molar-refractivity contribution is 7.18. The predicted octanol–water partition coefficient (Wildman–Crippen LogP) is 1.53. The first-order valence-corrected chi connectivity index (χ1v) is 7.71. The Kier molecular flexibility index (Phi) is 3.12. The number of nitrogens with zero attached hydrogens (tertiary/aromatic N) is 3. The molecule has 1 unspecified atom stereocenters. The van der Waals surface area contributed by atoms with Crippen LogP contribution in [0.4, 0.5) is 10.3 Å². The van der Waals surface area contributed by atoms with Crippen molar-refractivity contribution >= 4 is 27.6 Å². The molecule has 3 rings (SSSR count). The van der Waals surface area contributed by atoms with E-state index in [1.807, 2.05) is 20.8 Å². The van der Waals surface area contributed by atoms with E-state index in [9.17, 15) is 4.79 Å². The van der Waals surface area contributed by atoms with Crippen molar-refractivity contribution in [3.8, 4) is 0 Å². The average molecular weight is 296 g/mol. The van der Waals surface area contributed by atoms with Gasteiger partial charge in [0.1, 0.15) is 5.60 Å². The molecule has 20 heavy (non-hydrogen) atoms. The number of carbonyl (C=O) groups is 1. The van der Waals surface area contributed by atoms with Crippen LogP contribution in [0, 0.1) is 17.8 Å². The zero-order valence-corrected chi connectivity index (χ0v) is 12.8. The number of hydrogen-bond donors (Lipinski definition) is 1. The van der Waals surface area contributed by atoms with Crippen LogP contribution in [0.2, 0.25) is 0 Å². The summed E-state index contributed by atoms with van der Waals surface area (Å²) in [4.78, 5) is 14.0. The van der Waals surface area contributed by atoms with E-state index in [-0.39, 0.29) is 5.97 Å². The first-order chi connectivity index (χ1) is 9.33. The Morgan fingerprint density at radius 1 is 1.40 bits per heavy atom. The van der Waals surface area contributed by atoms with Gasteiger partial charge < -0.3 is 15.4 Å². The monoisotopic (exact) mass is 296 g/mol. The molecule has 2 fully saturated rings. The van der Waals surface area contributed by atoms with Crippen LogP contribution < -0.4 is 10.6 Å². The second kappa shape index (κ2) is 4.58. The van der Waals surface area contributed by atoms with Gasteiger partial charge in [-0.1, -0.05) is 11.3 Å². The maximum absolute atomic E-state index is 11.8. The number of esters is 1. The highest BCUT2D eigenvalue weighted by Crippen LogP contribution is 2.54. The summed E-state index contributed by atoms with van der Waals surface area (Å²) in [5, 5.41) is 9.30. The minimum Gasteiger partial charge on any atom is -0.460 e. The van der Waals surface area contributed by atoms with Crippen LogP contribution in [-0.2, 0) is 9.53 Å². The van der Waals surface area contributed by atoms with Gasteiger partial charge in [0.2, 0.25) is 10.3 Å². The van der Waals surface area contributed by atoms with Crippen molar-refractivity contribution in [2.75, 3.05) is 23.7 Å². The maximum Gasteiger partial charge on any atom is 0.306 e. The fourth-order valence-corrected chi connectivity index (χ4v) is 3.67. The summed E-state index contributed by atoms with van der Waals surface area (Å²) in [6.45, 7) is 7.61. The fraction of sp³-hybridized carbons (Fsp3) is 0.769. The van der Waals surface area contributed by atoms with Gasteiger partial charge in [-0.15, -0.1) is 10.2 Å². The number of aromatic nitrogens is 2. The second-order valence-corrected chi connectivity index (χ2v) is 7.60. The molecule has 1 aliphatic heterocycles. The molecule has 1 saturated carbocycles. The standard InChI is InChI=1S/C13H20N4O2S/c1-13(2,3)19-10(18)4-7-8-5-17(6-9(7)8)12-16-15-11(14)20-12/h7-9H,4-6H2,1-3H3,(H2,14,15)/t7?,8-,9+. The quantitative estimate of drug-likeness (QED) is 0.852. The minimum absolute atomic E-state index is 0.0800. The molecule has 0 amide bonds. The van der Waals surface area contributed by atoms with Crippen LogP contribution >= 0.6 is 11.3 Å². The Bertz CT molecular complexity index is 513. The summed E-state index contributed by atoms with van der Waals surface area (Å²) in [5.74, 6) is 1.58. The van der Waals surface area contributed by atoms with Crippen LogP contribution in [0.3, 0.4) is 0 Å². The largest absolute Gasteiger partial charge is 0.460 e. The Morgan fingerprint density at radius 2 is 2.05 bits per heavy atom. The lowest BCUT2D eigenvalue weighted by molar-refractivity contribution is -0.155. The molecule has 0 aromatic carbocycles. The molecule has 2 heterocycles.